The number of anilines is 1. The van der Waals surface area contributed by atoms with Crippen LogP contribution in [0.5, 0.6) is 0 Å². The summed E-state index contributed by atoms with van der Waals surface area (Å²) in [4.78, 5) is 23.8. The summed E-state index contributed by atoms with van der Waals surface area (Å²) >= 11 is 0. The van der Waals surface area contributed by atoms with Crippen LogP contribution >= 0.6 is 0 Å². The molecule has 6 nitrogen and oxygen atoms in total. The van der Waals surface area contributed by atoms with Gasteiger partial charge < -0.3 is 10.4 Å². The number of alkyl halides is 3. The van der Waals surface area contributed by atoms with Crippen LogP contribution in [0.1, 0.15) is 47.8 Å². The van der Waals surface area contributed by atoms with E-state index in [1.807, 2.05) is 0 Å². The summed E-state index contributed by atoms with van der Waals surface area (Å²) in [5.41, 5.74) is 0.637. The molecule has 0 fully saturated rings. The second-order valence-corrected chi connectivity index (χ2v) is 7.48. The van der Waals surface area contributed by atoms with Crippen molar-refractivity contribution in [1.82, 2.24) is 15.0 Å². The van der Waals surface area contributed by atoms with Gasteiger partial charge >= 0.3 is 12.1 Å². The molecule has 31 heavy (non-hydrogen) atoms. The minimum atomic E-state index is -4.39. The number of pyridine rings is 1. The van der Waals surface area contributed by atoms with Crippen molar-refractivity contribution in [2.45, 2.75) is 32.5 Å². The van der Waals surface area contributed by atoms with Crippen LogP contribution in [-0.4, -0.2) is 26.0 Å². The second-order valence-electron chi connectivity index (χ2n) is 7.48. The zero-order chi connectivity index (χ0) is 22.6. The molecule has 162 valence electrons. The van der Waals surface area contributed by atoms with Crippen molar-refractivity contribution >= 4 is 11.8 Å². The maximum atomic E-state index is 12.7. The molecule has 2 aromatic heterocycles. The number of nitrogens with zero attached hydrogens (tertiary/aromatic N) is 3. The monoisotopic (exact) mass is 430 g/mol. The highest BCUT2D eigenvalue weighted by atomic mass is 19.4. The zero-order valence-electron chi connectivity index (χ0n) is 16.9. The minimum absolute atomic E-state index is 0.0928. The Balaban J connectivity index is 1.79. The molecule has 0 saturated heterocycles. The van der Waals surface area contributed by atoms with Gasteiger partial charge in [0.25, 0.3) is 0 Å². The van der Waals surface area contributed by atoms with Crippen molar-refractivity contribution in [3.63, 3.8) is 0 Å². The maximum Gasteiger partial charge on any atom is 0.416 e. The van der Waals surface area contributed by atoms with Crippen LogP contribution in [0.25, 0.3) is 11.4 Å². The third-order valence-corrected chi connectivity index (χ3v) is 4.58. The molecular formula is C22H21F3N4O2. The quantitative estimate of drug-likeness (QED) is 0.518. The van der Waals surface area contributed by atoms with Crippen LogP contribution in [0.4, 0.5) is 19.0 Å². The Kier molecular flexibility index (Phi) is 6.53. The molecule has 9 heteroatoms. The van der Waals surface area contributed by atoms with Crippen LogP contribution in [0, 0.1) is 5.92 Å². The van der Waals surface area contributed by atoms with E-state index in [0.717, 1.165) is 24.1 Å². The number of rotatable bonds is 7. The fourth-order valence-corrected chi connectivity index (χ4v) is 3.01. The molecule has 0 amide bonds. The van der Waals surface area contributed by atoms with Gasteiger partial charge in [0.15, 0.2) is 5.82 Å². The Bertz CT molecular complexity index is 1020. The van der Waals surface area contributed by atoms with Gasteiger partial charge in [0.05, 0.1) is 17.2 Å². The van der Waals surface area contributed by atoms with E-state index in [2.05, 4.69) is 34.1 Å². The van der Waals surface area contributed by atoms with Gasteiger partial charge in [-0.1, -0.05) is 26.0 Å². The van der Waals surface area contributed by atoms with Gasteiger partial charge in [-0.15, -0.1) is 0 Å². The first-order valence-electron chi connectivity index (χ1n) is 9.59. The number of aromatic nitrogens is 3. The molecule has 0 aliphatic heterocycles. The Morgan fingerprint density at radius 1 is 1.00 bits per heavy atom. The average molecular weight is 430 g/mol. The first-order valence-corrected chi connectivity index (χ1v) is 9.59. The first-order chi connectivity index (χ1) is 14.6. The van der Waals surface area contributed by atoms with Gasteiger partial charge in [0.2, 0.25) is 0 Å². The van der Waals surface area contributed by atoms with Crippen LogP contribution < -0.4 is 5.32 Å². The van der Waals surface area contributed by atoms with Crippen molar-refractivity contribution < 1.29 is 23.1 Å². The van der Waals surface area contributed by atoms with Gasteiger partial charge in [0.1, 0.15) is 5.82 Å². The molecule has 0 saturated carbocycles. The van der Waals surface area contributed by atoms with Gasteiger partial charge in [0, 0.05) is 29.7 Å². The van der Waals surface area contributed by atoms with E-state index in [1.165, 1.54) is 24.4 Å². The molecule has 3 rings (SSSR count). The van der Waals surface area contributed by atoms with E-state index in [4.69, 9.17) is 5.11 Å². The molecule has 0 aliphatic carbocycles. The van der Waals surface area contributed by atoms with Crippen LogP contribution in [0.3, 0.4) is 0 Å². The lowest BCUT2D eigenvalue weighted by Gasteiger charge is -2.21. The summed E-state index contributed by atoms with van der Waals surface area (Å²) in [7, 11) is 0. The predicted octanol–water partition coefficient (Wildman–Crippen LogP) is 5.45. The fourth-order valence-electron chi connectivity index (χ4n) is 3.01. The molecule has 2 heterocycles. The normalized spacial score (nSPS) is 12.6. The summed E-state index contributed by atoms with van der Waals surface area (Å²) in [5, 5.41) is 12.3. The lowest BCUT2D eigenvalue weighted by Crippen LogP contribution is -2.15. The predicted molar refractivity (Wildman–Crippen MR) is 109 cm³/mol. The third kappa shape index (κ3) is 5.78. The van der Waals surface area contributed by atoms with Crippen molar-refractivity contribution in [2.75, 3.05) is 5.32 Å². The molecular weight excluding hydrogens is 409 g/mol. The molecule has 1 aromatic carbocycles. The van der Waals surface area contributed by atoms with E-state index in [1.54, 1.807) is 18.5 Å². The van der Waals surface area contributed by atoms with Gasteiger partial charge in [-0.3, -0.25) is 0 Å². The molecule has 0 radical (unpaired) electrons. The molecule has 1 atom stereocenters. The zero-order valence-corrected chi connectivity index (χ0v) is 16.9. The van der Waals surface area contributed by atoms with Gasteiger partial charge in [-0.05, 0) is 36.6 Å². The summed E-state index contributed by atoms with van der Waals surface area (Å²) < 4.78 is 38.2. The lowest BCUT2D eigenvalue weighted by atomic mass is 9.99. The molecule has 0 unspecified atom stereocenters. The standard InChI is InChI=1S/C22H21F3N4O2/c1-13(2)9-18(29-19-8-5-15(10-26-19)21(30)31)16-11-27-20(28-12-16)14-3-6-17(7-4-14)22(23,24)25/h3-8,10-13,18H,9H2,1-2H3,(H,26,29)(H,30,31)/t18-/m0/s1. The number of nitrogens with one attached hydrogen (secondary N) is 1. The smallest absolute Gasteiger partial charge is 0.416 e. The maximum absolute atomic E-state index is 12.7. The lowest BCUT2D eigenvalue weighted by molar-refractivity contribution is -0.137. The number of aromatic carboxylic acids is 1. The number of hydrogen-bond donors (Lipinski definition) is 2. The van der Waals surface area contributed by atoms with E-state index in [9.17, 15) is 18.0 Å². The number of hydrogen-bond acceptors (Lipinski definition) is 5. The molecule has 0 bridgehead atoms. The highest BCUT2D eigenvalue weighted by molar-refractivity contribution is 5.87. The fraction of sp³-hybridized carbons (Fsp3) is 0.273. The number of benzene rings is 1. The van der Waals surface area contributed by atoms with Crippen molar-refractivity contribution in [2.24, 2.45) is 5.92 Å². The number of carbonyl (C=O) groups is 1. The van der Waals surface area contributed by atoms with Crippen LogP contribution in [0.15, 0.2) is 55.0 Å². The third-order valence-electron chi connectivity index (χ3n) is 4.58. The van der Waals surface area contributed by atoms with E-state index in [-0.39, 0.29) is 11.6 Å². The molecule has 0 aliphatic rings. The van der Waals surface area contributed by atoms with E-state index in [0.29, 0.717) is 23.1 Å². The summed E-state index contributed by atoms with van der Waals surface area (Å²) in [6.07, 6.45) is 0.889. The Hall–Kier alpha value is -3.49. The number of carboxylic acid groups (broad SMARTS) is 1. The molecule has 0 spiro atoms. The Morgan fingerprint density at radius 3 is 2.13 bits per heavy atom. The Labute approximate surface area is 177 Å². The second kappa shape index (κ2) is 9.11. The SMILES string of the molecule is CC(C)C[C@H](Nc1ccc(C(=O)O)cn1)c1cnc(-c2ccc(C(F)(F)F)cc2)nc1. The molecule has 3 aromatic rings. The van der Waals surface area contributed by atoms with Crippen molar-refractivity contribution in [1.29, 1.82) is 0 Å². The van der Waals surface area contributed by atoms with Crippen molar-refractivity contribution in [3.05, 3.63) is 71.7 Å². The van der Waals surface area contributed by atoms with Gasteiger partial charge in [-0.2, -0.15) is 13.2 Å². The Morgan fingerprint density at radius 2 is 1.65 bits per heavy atom. The summed E-state index contributed by atoms with van der Waals surface area (Å²) in [6.45, 7) is 4.13. The first kappa shape index (κ1) is 22.2. The van der Waals surface area contributed by atoms with Crippen molar-refractivity contribution in [3.8, 4) is 11.4 Å². The van der Waals surface area contributed by atoms with Crippen LogP contribution in [-0.2, 0) is 6.18 Å². The average Bonchev–Trinajstić information content (AvgIpc) is 2.73. The summed E-state index contributed by atoms with van der Waals surface area (Å²) in [5.74, 6) is 0.127. The van der Waals surface area contributed by atoms with Crippen LogP contribution in [0.2, 0.25) is 0 Å². The van der Waals surface area contributed by atoms with Gasteiger partial charge in [-0.25, -0.2) is 19.7 Å². The number of halogens is 3. The highest BCUT2D eigenvalue weighted by Gasteiger charge is 2.30. The number of carboxylic acids is 1. The molecule has 2 N–H and O–H groups in total. The van der Waals surface area contributed by atoms with E-state index >= 15 is 0 Å². The minimum Gasteiger partial charge on any atom is -0.478 e. The topological polar surface area (TPSA) is 88.0 Å². The van der Waals surface area contributed by atoms with E-state index < -0.39 is 17.7 Å². The largest absolute Gasteiger partial charge is 0.478 e. The summed E-state index contributed by atoms with van der Waals surface area (Å²) in [6, 6.07) is 7.57. The highest BCUT2D eigenvalue weighted by Crippen LogP contribution is 2.31.